The molecule has 4 nitrogen and oxygen atoms in total. The van der Waals surface area contributed by atoms with Gasteiger partial charge >= 0.3 is 0 Å². The first-order valence-electron chi connectivity index (χ1n) is 7.84. The molecule has 2 rings (SSSR count). The van der Waals surface area contributed by atoms with Gasteiger partial charge in [-0.2, -0.15) is 0 Å². The van der Waals surface area contributed by atoms with E-state index in [1.165, 1.54) is 16.8 Å². The van der Waals surface area contributed by atoms with E-state index in [4.69, 9.17) is 4.74 Å². The largest absolute Gasteiger partial charge is 0.393 e. The lowest BCUT2D eigenvalue weighted by atomic mass is 10.0. The number of nitrogens with one attached hydrogen (secondary N) is 1. The van der Waals surface area contributed by atoms with Gasteiger partial charge in [0.15, 0.2) is 0 Å². The van der Waals surface area contributed by atoms with Crippen LogP contribution >= 0.6 is 0 Å². The summed E-state index contributed by atoms with van der Waals surface area (Å²) in [5, 5.41) is 13.2. The highest BCUT2D eigenvalue weighted by molar-refractivity contribution is 5.55. The van der Waals surface area contributed by atoms with Crippen molar-refractivity contribution in [2.45, 2.75) is 32.9 Å². The molecule has 0 saturated carbocycles. The van der Waals surface area contributed by atoms with Crippen molar-refractivity contribution in [3.63, 3.8) is 0 Å². The molecule has 1 saturated heterocycles. The van der Waals surface area contributed by atoms with Crippen molar-refractivity contribution in [1.29, 1.82) is 0 Å². The summed E-state index contributed by atoms with van der Waals surface area (Å²) in [5.41, 5.74) is 3.92. The van der Waals surface area contributed by atoms with Crippen LogP contribution in [0, 0.1) is 12.8 Å². The van der Waals surface area contributed by atoms with E-state index in [0.29, 0.717) is 5.92 Å². The number of hydrogen-bond acceptors (Lipinski definition) is 4. The molecule has 4 heteroatoms. The lowest BCUT2D eigenvalue weighted by molar-refractivity contribution is 0.136. The van der Waals surface area contributed by atoms with Gasteiger partial charge in [0.1, 0.15) is 0 Å². The monoisotopic (exact) mass is 292 g/mol. The average Bonchev–Trinajstić information content (AvgIpc) is 2.93. The van der Waals surface area contributed by atoms with Gasteiger partial charge in [0, 0.05) is 44.9 Å². The van der Waals surface area contributed by atoms with Crippen molar-refractivity contribution in [2.75, 3.05) is 38.3 Å². The normalized spacial score (nSPS) is 20.0. The molecule has 0 aromatic heterocycles. The molecular weight excluding hydrogens is 264 g/mol. The Balaban J connectivity index is 2.04. The van der Waals surface area contributed by atoms with Crippen LogP contribution in [0.1, 0.15) is 24.5 Å². The van der Waals surface area contributed by atoms with Crippen LogP contribution in [0.25, 0.3) is 0 Å². The molecule has 1 fully saturated rings. The number of methoxy groups -OCH3 is 1. The minimum absolute atomic E-state index is 0.219. The average molecular weight is 292 g/mol. The maximum absolute atomic E-state index is 9.78. The van der Waals surface area contributed by atoms with Crippen molar-refractivity contribution in [2.24, 2.45) is 5.92 Å². The predicted octanol–water partition coefficient (Wildman–Crippen LogP) is 1.94. The van der Waals surface area contributed by atoms with E-state index in [-0.39, 0.29) is 6.10 Å². The Morgan fingerprint density at radius 1 is 1.48 bits per heavy atom. The second-order valence-electron chi connectivity index (χ2n) is 6.04. The van der Waals surface area contributed by atoms with Gasteiger partial charge < -0.3 is 20.1 Å². The Hall–Kier alpha value is -1.10. The molecule has 1 aliphatic rings. The summed E-state index contributed by atoms with van der Waals surface area (Å²) in [6, 6.07) is 6.64. The van der Waals surface area contributed by atoms with Crippen LogP contribution in [-0.2, 0) is 11.3 Å². The molecule has 0 bridgehead atoms. The first-order chi connectivity index (χ1) is 10.1. The number of aliphatic hydroxyl groups excluding tert-OH is 1. The molecule has 0 amide bonds. The fourth-order valence-corrected chi connectivity index (χ4v) is 2.96. The zero-order chi connectivity index (χ0) is 15.2. The van der Waals surface area contributed by atoms with Crippen molar-refractivity contribution in [1.82, 2.24) is 5.32 Å². The van der Waals surface area contributed by atoms with Crippen LogP contribution in [0.4, 0.5) is 5.69 Å². The number of aliphatic hydroxyl groups is 1. The molecule has 0 spiro atoms. The number of nitrogens with zero attached hydrogens (tertiary/aromatic N) is 1. The van der Waals surface area contributed by atoms with E-state index in [1.54, 1.807) is 7.11 Å². The van der Waals surface area contributed by atoms with Crippen molar-refractivity contribution < 1.29 is 9.84 Å². The second kappa shape index (κ2) is 7.78. The highest BCUT2D eigenvalue weighted by atomic mass is 16.5. The quantitative estimate of drug-likeness (QED) is 0.754. The van der Waals surface area contributed by atoms with Crippen molar-refractivity contribution in [3.05, 3.63) is 29.3 Å². The molecular formula is C17H28N2O2. The molecule has 2 N–H and O–H groups in total. The highest BCUT2D eigenvalue weighted by Crippen LogP contribution is 2.29. The van der Waals surface area contributed by atoms with Gasteiger partial charge in [0.25, 0.3) is 0 Å². The van der Waals surface area contributed by atoms with Crippen LogP contribution in [0.3, 0.4) is 0 Å². The van der Waals surface area contributed by atoms with Gasteiger partial charge in [0.2, 0.25) is 0 Å². The molecule has 2 atom stereocenters. The fourth-order valence-electron chi connectivity index (χ4n) is 2.96. The van der Waals surface area contributed by atoms with Crippen molar-refractivity contribution >= 4 is 5.69 Å². The number of hydrogen-bond donors (Lipinski definition) is 2. The van der Waals surface area contributed by atoms with Gasteiger partial charge in [-0.25, -0.2) is 0 Å². The van der Waals surface area contributed by atoms with E-state index in [2.05, 4.69) is 35.3 Å². The number of aryl methyl sites for hydroxylation is 1. The fraction of sp³-hybridized carbons (Fsp3) is 0.647. The Bertz CT molecular complexity index is 448. The third kappa shape index (κ3) is 4.43. The number of ether oxygens (including phenoxy) is 1. The standard InChI is InChI=1S/C17H28N2O2/c1-13-4-5-17(16(10-13)11-18-7-9-21-3)19-8-6-15(12-19)14(2)20/h4-5,10,14-15,18,20H,6-9,11-12H2,1-3H3. The summed E-state index contributed by atoms with van der Waals surface area (Å²) in [5.74, 6) is 0.389. The summed E-state index contributed by atoms with van der Waals surface area (Å²) in [4.78, 5) is 2.41. The van der Waals surface area contributed by atoms with Crippen LogP contribution < -0.4 is 10.2 Å². The van der Waals surface area contributed by atoms with Crippen LogP contribution in [0.5, 0.6) is 0 Å². The number of anilines is 1. The Morgan fingerprint density at radius 3 is 2.95 bits per heavy atom. The Morgan fingerprint density at radius 2 is 2.29 bits per heavy atom. The number of rotatable bonds is 7. The van der Waals surface area contributed by atoms with Gasteiger partial charge in [-0.3, -0.25) is 0 Å². The van der Waals surface area contributed by atoms with E-state index in [9.17, 15) is 5.11 Å². The summed E-state index contributed by atoms with van der Waals surface area (Å²) < 4.78 is 5.07. The van der Waals surface area contributed by atoms with Gasteiger partial charge in [-0.1, -0.05) is 17.7 Å². The van der Waals surface area contributed by atoms with Crippen LogP contribution in [-0.4, -0.2) is 44.6 Å². The lowest BCUT2D eigenvalue weighted by Crippen LogP contribution is -2.26. The Kier molecular flexibility index (Phi) is 6.03. The van der Waals surface area contributed by atoms with E-state index in [1.807, 2.05) is 6.92 Å². The molecule has 118 valence electrons. The maximum Gasteiger partial charge on any atom is 0.0587 e. The SMILES string of the molecule is COCCNCc1cc(C)ccc1N1CCC(C(C)O)C1. The second-order valence-corrected chi connectivity index (χ2v) is 6.04. The molecule has 0 aliphatic carbocycles. The van der Waals surface area contributed by atoms with E-state index >= 15 is 0 Å². The minimum atomic E-state index is -0.219. The van der Waals surface area contributed by atoms with E-state index < -0.39 is 0 Å². The topological polar surface area (TPSA) is 44.7 Å². The zero-order valence-electron chi connectivity index (χ0n) is 13.4. The minimum Gasteiger partial charge on any atom is -0.393 e. The first-order valence-corrected chi connectivity index (χ1v) is 7.84. The van der Waals surface area contributed by atoms with Crippen LogP contribution in [0.2, 0.25) is 0 Å². The highest BCUT2D eigenvalue weighted by Gasteiger charge is 2.27. The molecule has 1 aliphatic heterocycles. The molecule has 1 aromatic rings. The smallest absolute Gasteiger partial charge is 0.0587 e. The summed E-state index contributed by atoms with van der Waals surface area (Å²) in [6.45, 7) is 8.46. The summed E-state index contributed by atoms with van der Waals surface area (Å²) >= 11 is 0. The third-order valence-electron chi connectivity index (χ3n) is 4.28. The van der Waals surface area contributed by atoms with Gasteiger partial charge in [0.05, 0.1) is 12.7 Å². The predicted molar refractivity (Wildman–Crippen MR) is 86.8 cm³/mol. The molecule has 2 unspecified atom stereocenters. The van der Waals surface area contributed by atoms with E-state index in [0.717, 1.165) is 39.2 Å². The lowest BCUT2D eigenvalue weighted by Gasteiger charge is -2.23. The molecule has 1 heterocycles. The summed E-state index contributed by atoms with van der Waals surface area (Å²) in [6.07, 6.45) is 0.853. The summed E-state index contributed by atoms with van der Waals surface area (Å²) in [7, 11) is 1.72. The van der Waals surface area contributed by atoms with Crippen LogP contribution in [0.15, 0.2) is 18.2 Å². The first kappa shape index (κ1) is 16.3. The molecule has 21 heavy (non-hydrogen) atoms. The Labute approximate surface area is 128 Å². The molecule has 1 aromatic carbocycles. The maximum atomic E-state index is 9.78. The van der Waals surface area contributed by atoms with Crippen molar-refractivity contribution in [3.8, 4) is 0 Å². The molecule has 0 radical (unpaired) electrons. The zero-order valence-corrected chi connectivity index (χ0v) is 13.4. The third-order valence-corrected chi connectivity index (χ3v) is 4.28. The van der Waals surface area contributed by atoms with Gasteiger partial charge in [-0.15, -0.1) is 0 Å². The van der Waals surface area contributed by atoms with Gasteiger partial charge in [-0.05, 0) is 31.9 Å². The number of benzene rings is 1.